The van der Waals surface area contributed by atoms with E-state index in [0.29, 0.717) is 0 Å². The third-order valence-corrected chi connectivity index (χ3v) is 5.11. The molecule has 1 amide bonds. The molecule has 0 saturated carbocycles. The van der Waals surface area contributed by atoms with Crippen molar-refractivity contribution >= 4 is 28.6 Å². The molecule has 1 aromatic carbocycles. The maximum atomic E-state index is 13.7. The highest BCUT2D eigenvalue weighted by atomic mass is 32.1. The van der Waals surface area contributed by atoms with Crippen LogP contribution < -0.4 is 5.32 Å². The molecule has 8 heteroatoms. The van der Waals surface area contributed by atoms with E-state index in [0.717, 1.165) is 28.3 Å². The smallest absolute Gasteiger partial charge is 0.282 e. The van der Waals surface area contributed by atoms with Crippen LogP contribution in [0, 0.1) is 11.6 Å². The van der Waals surface area contributed by atoms with Gasteiger partial charge >= 0.3 is 0 Å². The van der Waals surface area contributed by atoms with E-state index in [1.165, 1.54) is 17.4 Å². The summed E-state index contributed by atoms with van der Waals surface area (Å²) in [6.07, 6.45) is 0. The summed E-state index contributed by atoms with van der Waals surface area (Å²) in [7, 11) is 0. The Morgan fingerprint density at radius 2 is 1.91 bits per heavy atom. The van der Waals surface area contributed by atoms with Gasteiger partial charge in [-0.05, 0) is 30.5 Å². The first-order valence-corrected chi connectivity index (χ1v) is 8.38. The van der Waals surface area contributed by atoms with Crippen LogP contribution in [0.5, 0.6) is 0 Å². The van der Waals surface area contributed by atoms with Gasteiger partial charge in [-0.3, -0.25) is 4.79 Å². The second kappa shape index (κ2) is 6.51. The molecule has 0 unspecified atom stereocenters. The first-order valence-electron chi connectivity index (χ1n) is 6.68. The molecular formula is C15H11F2N3OS2. The number of hydrogen-bond donors (Lipinski definition) is 1. The van der Waals surface area contributed by atoms with Crippen molar-refractivity contribution in [3.8, 4) is 10.6 Å². The minimum absolute atomic E-state index is 0.0366. The van der Waals surface area contributed by atoms with E-state index in [2.05, 4.69) is 15.5 Å². The largest absolute Gasteiger partial charge is 0.343 e. The minimum Gasteiger partial charge on any atom is -0.343 e. The summed E-state index contributed by atoms with van der Waals surface area (Å²) in [6.45, 7) is 1.85. The number of benzene rings is 1. The summed E-state index contributed by atoms with van der Waals surface area (Å²) in [4.78, 5) is 13.2. The van der Waals surface area contributed by atoms with Crippen LogP contribution in [0.4, 0.5) is 8.78 Å². The van der Waals surface area contributed by atoms with Gasteiger partial charge in [-0.15, -0.1) is 21.5 Å². The van der Waals surface area contributed by atoms with Crippen molar-refractivity contribution in [2.24, 2.45) is 0 Å². The number of halogens is 2. The van der Waals surface area contributed by atoms with E-state index < -0.39 is 17.5 Å². The van der Waals surface area contributed by atoms with Gasteiger partial charge in [-0.1, -0.05) is 23.5 Å². The SMILES string of the molecule is C[C@@H](NC(=O)c1nnc(-c2c(F)cccc2F)s1)c1cccs1. The first kappa shape index (κ1) is 15.7. The van der Waals surface area contributed by atoms with Crippen LogP contribution in [0.1, 0.15) is 27.6 Å². The normalized spacial score (nSPS) is 12.1. The van der Waals surface area contributed by atoms with Gasteiger partial charge in [0.05, 0.1) is 11.6 Å². The third kappa shape index (κ3) is 3.27. The first-order chi connectivity index (χ1) is 11.1. The summed E-state index contributed by atoms with van der Waals surface area (Å²) in [6, 6.07) is 7.17. The predicted octanol–water partition coefficient (Wildman–Crippen LogP) is 4.04. The van der Waals surface area contributed by atoms with Gasteiger partial charge < -0.3 is 5.32 Å². The zero-order valence-electron chi connectivity index (χ0n) is 11.9. The van der Waals surface area contributed by atoms with Gasteiger partial charge in [-0.2, -0.15) is 0 Å². The Morgan fingerprint density at radius 3 is 2.57 bits per heavy atom. The number of carbonyl (C=O) groups is 1. The van der Waals surface area contributed by atoms with E-state index in [1.807, 2.05) is 24.4 Å². The lowest BCUT2D eigenvalue weighted by molar-refractivity contribution is 0.0939. The lowest BCUT2D eigenvalue weighted by atomic mass is 10.2. The molecular weight excluding hydrogens is 340 g/mol. The summed E-state index contributed by atoms with van der Waals surface area (Å²) in [5, 5.41) is 12.3. The van der Waals surface area contributed by atoms with Crippen LogP contribution in [0.15, 0.2) is 35.7 Å². The van der Waals surface area contributed by atoms with Gasteiger partial charge in [0.2, 0.25) is 5.01 Å². The molecule has 0 bridgehead atoms. The van der Waals surface area contributed by atoms with Crippen molar-refractivity contribution in [3.63, 3.8) is 0 Å². The van der Waals surface area contributed by atoms with Gasteiger partial charge in [0.1, 0.15) is 11.6 Å². The molecule has 2 heterocycles. The fourth-order valence-electron chi connectivity index (χ4n) is 1.99. The maximum Gasteiger partial charge on any atom is 0.282 e. The van der Waals surface area contributed by atoms with Crippen molar-refractivity contribution < 1.29 is 13.6 Å². The maximum absolute atomic E-state index is 13.7. The third-order valence-electron chi connectivity index (χ3n) is 3.11. The number of aromatic nitrogens is 2. The average Bonchev–Trinajstić information content (AvgIpc) is 3.19. The van der Waals surface area contributed by atoms with E-state index in [4.69, 9.17) is 0 Å². The van der Waals surface area contributed by atoms with Crippen LogP contribution in [0.2, 0.25) is 0 Å². The number of thiophene rings is 1. The zero-order chi connectivity index (χ0) is 16.4. The molecule has 0 saturated heterocycles. The average molecular weight is 351 g/mol. The Hall–Kier alpha value is -2.19. The number of hydrogen-bond acceptors (Lipinski definition) is 5. The van der Waals surface area contributed by atoms with Crippen molar-refractivity contribution in [2.45, 2.75) is 13.0 Å². The van der Waals surface area contributed by atoms with E-state index in [-0.39, 0.29) is 21.6 Å². The van der Waals surface area contributed by atoms with Crippen molar-refractivity contribution in [2.75, 3.05) is 0 Å². The molecule has 0 aliphatic rings. The molecule has 1 atom stereocenters. The molecule has 1 N–H and O–H groups in total. The summed E-state index contributed by atoms with van der Waals surface area (Å²) < 4.78 is 27.5. The van der Waals surface area contributed by atoms with Crippen LogP contribution in [0.25, 0.3) is 10.6 Å². The Morgan fingerprint density at radius 1 is 1.17 bits per heavy atom. The number of rotatable bonds is 4. The molecule has 0 aliphatic carbocycles. The van der Waals surface area contributed by atoms with Gasteiger partial charge in [0.15, 0.2) is 5.01 Å². The highest BCUT2D eigenvalue weighted by Crippen LogP contribution is 2.29. The van der Waals surface area contributed by atoms with E-state index >= 15 is 0 Å². The standard InChI is InChI=1S/C15H11F2N3OS2/c1-8(11-6-3-7-22-11)18-13(21)15-20-19-14(23-15)12-9(16)4-2-5-10(12)17/h2-8H,1H3,(H,18,21)/t8-/m1/s1. The van der Waals surface area contributed by atoms with Gasteiger partial charge in [-0.25, -0.2) is 8.78 Å². The topological polar surface area (TPSA) is 54.9 Å². The summed E-state index contributed by atoms with van der Waals surface area (Å²) in [5.74, 6) is -1.90. The molecule has 2 aromatic heterocycles. The molecule has 118 valence electrons. The highest BCUT2D eigenvalue weighted by Gasteiger charge is 2.20. The summed E-state index contributed by atoms with van der Waals surface area (Å²) in [5.41, 5.74) is -0.268. The Labute approximate surface area is 138 Å². The lowest BCUT2D eigenvalue weighted by Crippen LogP contribution is -2.25. The fraction of sp³-hybridized carbons (Fsp3) is 0.133. The van der Waals surface area contributed by atoms with E-state index in [9.17, 15) is 13.6 Å². The number of carbonyl (C=O) groups excluding carboxylic acids is 1. The molecule has 0 aliphatic heterocycles. The number of amides is 1. The zero-order valence-corrected chi connectivity index (χ0v) is 13.5. The lowest BCUT2D eigenvalue weighted by Gasteiger charge is -2.10. The molecule has 4 nitrogen and oxygen atoms in total. The van der Waals surface area contributed by atoms with Crippen LogP contribution in [0.3, 0.4) is 0 Å². The molecule has 0 fully saturated rings. The van der Waals surface area contributed by atoms with Crippen LogP contribution in [-0.2, 0) is 0 Å². The predicted molar refractivity (Wildman–Crippen MR) is 85.5 cm³/mol. The van der Waals surface area contributed by atoms with Crippen molar-refractivity contribution in [3.05, 3.63) is 57.2 Å². The summed E-state index contributed by atoms with van der Waals surface area (Å²) >= 11 is 2.38. The van der Waals surface area contributed by atoms with Gasteiger partial charge in [0, 0.05) is 4.88 Å². The second-order valence-corrected chi connectivity index (χ2v) is 6.68. The Kier molecular flexibility index (Phi) is 4.44. The quantitative estimate of drug-likeness (QED) is 0.772. The molecule has 23 heavy (non-hydrogen) atoms. The van der Waals surface area contributed by atoms with Crippen molar-refractivity contribution in [1.29, 1.82) is 0 Å². The molecule has 0 radical (unpaired) electrons. The molecule has 3 rings (SSSR count). The second-order valence-electron chi connectivity index (χ2n) is 4.72. The van der Waals surface area contributed by atoms with Crippen LogP contribution >= 0.6 is 22.7 Å². The molecule has 0 spiro atoms. The minimum atomic E-state index is -0.736. The van der Waals surface area contributed by atoms with Crippen LogP contribution in [-0.4, -0.2) is 16.1 Å². The Bertz CT molecular complexity index is 813. The monoisotopic (exact) mass is 351 g/mol. The highest BCUT2D eigenvalue weighted by molar-refractivity contribution is 7.16. The number of nitrogens with zero attached hydrogens (tertiary/aromatic N) is 2. The Balaban J connectivity index is 1.80. The molecule has 3 aromatic rings. The fourth-order valence-corrected chi connectivity index (χ4v) is 3.51. The van der Waals surface area contributed by atoms with E-state index in [1.54, 1.807) is 0 Å². The number of nitrogens with one attached hydrogen (secondary N) is 1. The van der Waals surface area contributed by atoms with Gasteiger partial charge in [0.25, 0.3) is 5.91 Å². The van der Waals surface area contributed by atoms with Crippen molar-refractivity contribution in [1.82, 2.24) is 15.5 Å².